The monoisotopic (exact) mass is 399 g/mol. The van der Waals surface area contributed by atoms with Crippen molar-refractivity contribution in [3.63, 3.8) is 0 Å². The Morgan fingerprint density at radius 2 is 2.00 bits per heavy atom. The summed E-state index contributed by atoms with van der Waals surface area (Å²) in [7, 11) is 0. The first kappa shape index (κ1) is 18.0. The highest BCUT2D eigenvalue weighted by molar-refractivity contribution is 6.30. The highest BCUT2D eigenvalue weighted by atomic mass is 35.5. The second-order valence-electron chi connectivity index (χ2n) is 7.78. The molecule has 1 saturated carbocycles. The quantitative estimate of drug-likeness (QED) is 0.776. The van der Waals surface area contributed by atoms with Crippen molar-refractivity contribution in [2.75, 3.05) is 13.3 Å². The predicted molar refractivity (Wildman–Crippen MR) is 104 cm³/mol. The third-order valence-electron chi connectivity index (χ3n) is 6.06. The maximum Gasteiger partial charge on any atom is 0.173 e. The van der Waals surface area contributed by atoms with Crippen molar-refractivity contribution in [1.29, 1.82) is 0 Å². The molecule has 1 saturated heterocycles. The van der Waals surface area contributed by atoms with Crippen molar-refractivity contribution < 1.29 is 18.7 Å². The minimum Gasteiger partial charge on any atom is -0.496 e. The molecule has 0 spiro atoms. The van der Waals surface area contributed by atoms with E-state index in [1.54, 1.807) is 24.7 Å². The Hall–Kier alpha value is -2.08. The number of carbonyl (C=O) groups excluding carboxylic acids is 1. The molecule has 2 fully saturated rings. The number of furan rings is 1. The molecule has 0 radical (unpaired) electrons. The van der Waals surface area contributed by atoms with Crippen LogP contribution in [0.25, 0.3) is 5.57 Å². The highest BCUT2D eigenvalue weighted by Gasteiger charge is 2.49. The fourth-order valence-electron chi connectivity index (χ4n) is 4.67. The number of allylic oxidation sites excluding steroid dienone is 1. The van der Waals surface area contributed by atoms with Crippen LogP contribution in [-0.2, 0) is 20.8 Å². The molecule has 1 aromatic carbocycles. The molecule has 3 aliphatic rings. The van der Waals surface area contributed by atoms with Crippen molar-refractivity contribution in [3.05, 3.63) is 65.3 Å². The lowest BCUT2D eigenvalue weighted by molar-refractivity contribution is -0.172. The lowest BCUT2D eigenvalue weighted by atomic mass is 9.71. The minimum atomic E-state index is -0.137. The van der Waals surface area contributed by atoms with Crippen molar-refractivity contribution in [2.24, 2.45) is 11.8 Å². The fourth-order valence-corrected chi connectivity index (χ4v) is 4.79. The summed E-state index contributed by atoms with van der Waals surface area (Å²) >= 11 is 5.98. The van der Waals surface area contributed by atoms with E-state index < -0.39 is 0 Å². The van der Waals surface area contributed by atoms with E-state index in [4.69, 9.17) is 25.5 Å². The Balaban J connectivity index is 1.35. The van der Waals surface area contributed by atoms with Gasteiger partial charge in [0.25, 0.3) is 0 Å². The molecule has 0 bridgehead atoms. The Kier molecular flexibility index (Phi) is 4.75. The molecule has 1 aromatic heterocycles. The molecule has 1 aliphatic carbocycles. The standard InChI is InChI=1S/C22H22ClNO4/c23-15-5-3-14(4-6-15)19-12-27-22-17(21(19)25)7-8-20-18(22)11-24(13-28-20)10-16-2-1-9-26-16/h1-6,9,12,17-18,20,22H,7-8,10-11,13H2. The Morgan fingerprint density at radius 3 is 2.79 bits per heavy atom. The zero-order valence-corrected chi connectivity index (χ0v) is 16.2. The SMILES string of the molecule is O=C1C(c2ccc(Cl)cc2)=COC2C1CCC1OCN(Cc3ccco3)CC12. The van der Waals surface area contributed by atoms with Gasteiger partial charge in [0, 0.05) is 17.5 Å². The molecule has 3 heterocycles. The molecule has 0 N–H and O–H groups in total. The zero-order valence-electron chi connectivity index (χ0n) is 15.4. The largest absolute Gasteiger partial charge is 0.496 e. The van der Waals surface area contributed by atoms with Gasteiger partial charge in [-0.3, -0.25) is 9.69 Å². The van der Waals surface area contributed by atoms with Crippen molar-refractivity contribution in [3.8, 4) is 0 Å². The van der Waals surface area contributed by atoms with E-state index in [0.29, 0.717) is 23.9 Å². The summed E-state index contributed by atoms with van der Waals surface area (Å²) in [5, 5.41) is 0.655. The summed E-state index contributed by atoms with van der Waals surface area (Å²) < 4.78 is 17.7. The average molecular weight is 400 g/mol. The smallest absolute Gasteiger partial charge is 0.173 e. The molecule has 4 atom stereocenters. The number of ether oxygens (including phenoxy) is 2. The fraction of sp³-hybridized carbons (Fsp3) is 0.409. The first-order chi connectivity index (χ1) is 13.7. The number of ketones is 1. The number of halogens is 1. The summed E-state index contributed by atoms with van der Waals surface area (Å²) in [5.41, 5.74) is 1.50. The topological polar surface area (TPSA) is 51.9 Å². The van der Waals surface area contributed by atoms with Crippen LogP contribution in [-0.4, -0.2) is 36.2 Å². The van der Waals surface area contributed by atoms with Gasteiger partial charge in [0.1, 0.15) is 11.9 Å². The molecular weight excluding hydrogens is 378 g/mol. The number of rotatable bonds is 3. The van der Waals surface area contributed by atoms with Gasteiger partial charge in [-0.15, -0.1) is 0 Å². The third kappa shape index (κ3) is 3.28. The summed E-state index contributed by atoms with van der Waals surface area (Å²) in [5.74, 6) is 1.14. The predicted octanol–water partition coefficient (Wildman–Crippen LogP) is 4.13. The molecule has 28 heavy (non-hydrogen) atoms. The van der Waals surface area contributed by atoms with Gasteiger partial charge < -0.3 is 13.9 Å². The van der Waals surface area contributed by atoms with Crippen LogP contribution in [0.15, 0.2) is 53.3 Å². The minimum absolute atomic E-state index is 0.121. The molecule has 0 amide bonds. The Bertz CT molecular complexity index is 876. The van der Waals surface area contributed by atoms with Crippen LogP contribution in [0.4, 0.5) is 0 Å². The molecule has 146 valence electrons. The van der Waals surface area contributed by atoms with Gasteiger partial charge in [0.05, 0.1) is 43.4 Å². The van der Waals surface area contributed by atoms with E-state index in [9.17, 15) is 4.79 Å². The molecule has 5 rings (SSSR count). The number of hydrogen-bond donors (Lipinski definition) is 0. The summed E-state index contributed by atoms with van der Waals surface area (Å²) in [6, 6.07) is 11.2. The maximum atomic E-state index is 13.2. The van der Waals surface area contributed by atoms with Gasteiger partial charge in [-0.05, 0) is 42.7 Å². The lowest BCUT2D eigenvalue weighted by Crippen LogP contribution is -2.56. The highest BCUT2D eigenvalue weighted by Crippen LogP contribution is 2.42. The summed E-state index contributed by atoms with van der Waals surface area (Å²) in [6.45, 7) is 2.12. The molecule has 2 aromatic rings. The van der Waals surface area contributed by atoms with Crippen molar-refractivity contribution in [1.82, 2.24) is 4.90 Å². The number of Topliss-reactive ketones (excluding diaryl/α,β-unsaturated/α-hetero) is 1. The number of carbonyl (C=O) groups is 1. The maximum absolute atomic E-state index is 13.2. The van der Waals surface area contributed by atoms with Gasteiger partial charge in [-0.25, -0.2) is 0 Å². The van der Waals surface area contributed by atoms with Crippen LogP contribution in [0, 0.1) is 11.8 Å². The molecule has 5 nitrogen and oxygen atoms in total. The Morgan fingerprint density at radius 1 is 1.14 bits per heavy atom. The number of benzene rings is 1. The van der Waals surface area contributed by atoms with E-state index in [1.807, 2.05) is 24.3 Å². The van der Waals surface area contributed by atoms with Gasteiger partial charge in [0.15, 0.2) is 5.78 Å². The van der Waals surface area contributed by atoms with Crippen LogP contribution < -0.4 is 0 Å². The second-order valence-corrected chi connectivity index (χ2v) is 8.21. The lowest BCUT2D eigenvalue weighted by Gasteiger charge is -2.48. The normalized spacial score (nSPS) is 30.2. The summed E-state index contributed by atoms with van der Waals surface area (Å²) in [4.78, 5) is 15.4. The van der Waals surface area contributed by atoms with E-state index >= 15 is 0 Å². The third-order valence-corrected chi connectivity index (χ3v) is 6.31. The molecule has 2 aliphatic heterocycles. The van der Waals surface area contributed by atoms with E-state index in [2.05, 4.69) is 4.90 Å². The molecule has 4 unspecified atom stereocenters. The zero-order chi connectivity index (χ0) is 19.1. The average Bonchev–Trinajstić information content (AvgIpc) is 3.22. The number of hydrogen-bond acceptors (Lipinski definition) is 5. The van der Waals surface area contributed by atoms with Crippen LogP contribution in [0.5, 0.6) is 0 Å². The first-order valence-corrected chi connectivity index (χ1v) is 10.1. The summed E-state index contributed by atoms with van der Waals surface area (Å²) in [6.07, 6.45) is 5.03. The van der Waals surface area contributed by atoms with E-state index in [-0.39, 0.29) is 29.8 Å². The molecular formula is C22H22ClNO4. The van der Waals surface area contributed by atoms with Crippen LogP contribution in [0.2, 0.25) is 5.02 Å². The Labute approximate surface area is 168 Å². The van der Waals surface area contributed by atoms with Crippen molar-refractivity contribution in [2.45, 2.75) is 31.6 Å². The number of fused-ring (bicyclic) bond motifs is 3. The van der Waals surface area contributed by atoms with Crippen molar-refractivity contribution >= 4 is 23.0 Å². The van der Waals surface area contributed by atoms with Gasteiger partial charge in [0.2, 0.25) is 0 Å². The van der Waals surface area contributed by atoms with E-state index in [0.717, 1.165) is 30.7 Å². The van der Waals surface area contributed by atoms with Gasteiger partial charge in [-0.2, -0.15) is 0 Å². The van der Waals surface area contributed by atoms with Gasteiger partial charge in [-0.1, -0.05) is 23.7 Å². The van der Waals surface area contributed by atoms with Crippen LogP contribution in [0.1, 0.15) is 24.2 Å². The second kappa shape index (κ2) is 7.39. The van der Waals surface area contributed by atoms with Crippen LogP contribution in [0.3, 0.4) is 0 Å². The number of nitrogens with zero attached hydrogens (tertiary/aromatic N) is 1. The van der Waals surface area contributed by atoms with Gasteiger partial charge >= 0.3 is 0 Å². The first-order valence-electron chi connectivity index (χ1n) is 9.71. The molecule has 6 heteroatoms. The van der Waals surface area contributed by atoms with Crippen LogP contribution >= 0.6 is 11.6 Å². The van der Waals surface area contributed by atoms with E-state index in [1.165, 1.54) is 0 Å².